The molecule has 1 amide bonds. The second-order valence-electron chi connectivity index (χ2n) is 10.4. The van der Waals surface area contributed by atoms with Crippen LogP contribution in [-0.2, 0) is 34.0 Å². The quantitative estimate of drug-likeness (QED) is 0.286. The number of nitrogens with zero attached hydrogens (tertiary/aromatic N) is 1. The lowest BCUT2D eigenvalue weighted by Gasteiger charge is -2.30. The van der Waals surface area contributed by atoms with Gasteiger partial charge in [-0.15, -0.1) is 0 Å². The first kappa shape index (κ1) is 32.8. The first-order valence-corrected chi connectivity index (χ1v) is 15.6. The molecule has 0 spiro atoms. The molecule has 0 heterocycles. The minimum Gasteiger partial charge on any atom is -0.396 e. The number of carbonyl (C=O) groups is 1. The van der Waals surface area contributed by atoms with Crippen LogP contribution in [0.1, 0.15) is 69.6 Å². The van der Waals surface area contributed by atoms with Crippen molar-refractivity contribution in [1.82, 2.24) is 4.90 Å². The zero-order valence-electron chi connectivity index (χ0n) is 23.4. The number of halogens is 2. The summed E-state index contributed by atoms with van der Waals surface area (Å²) >= 11 is 0. The first-order valence-electron chi connectivity index (χ1n) is 13.9. The van der Waals surface area contributed by atoms with Crippen molar-refractivity contribution in [3.05, 3.63) is 70.8 Å². The maximum absolute atomic E-state index is 13.7. The highest BCUT2D eigenvalue weighted by atomic mass is 32.2. The number of aryl methyl sites for hydroxylation is 1. The molecule has 2 rings (SSSR count). The number of sulfone groups is 1. The fourth-order valence-electron chi connectivity index (χ4n) is 4.90. The second kappa shape index (κ2) is 16.0. The number of nitrogens with two attached hydrogens (primary N) is 1. The van der Waals surface area contributed by atoms with Gasteiger partial charge in [-0.05, 0) is 54.5 Å². The first-order chi connectivity index (χ1) is 18.5. The Hall–Kier alpha value is -2.36. The van der Waals surface area contributed by atoms with Gasteiger partial charge in [0, 0.05) is 44.1 Å². The minimum absolute atomic E-state index is 0.0814. The van der Waals surface area contributed by atoms with Gasteiger partial charge in [-0.2, -0.15) is 0 Å². The highest BCUT2D eigenvalue weighted by molar-refractivity contribution is 7.92. The molecule has 0 saturated carbocycles. The van der Waals surface area contributed by atoms with E-state index in [4.69, 9.17) is 5.73 Å². The van der Waals surface area contributed by atoms with Crippen LogP contribution in [0.3, 0.4) is 0 Å². The van der Waals surface area contributed by atoms with Crippen molar-refractivity contribution in [2.45, 2.75) is 83.6 Å². The Morgan fingerprint density at radius 2 is 1.59 bits per heavy atom. The molecular weight excluding hydrogens is 522 g/mol. The molecule has 2 aromatic carbocycles. The molecule has 0 aromatic heterocycles. The summed E-state index contributed by atoms with van der Waals surface area (Å²) in [5, 5.41) is 9.69. The molecule has 0 aliphatic rings. The Morgan fingerprint density at radius 1 is 0.974 bits per heavy atom. The lowest BCUT2D eigenvalue weighted by atomic mass is 9.93. The number of rotatable bonds is 17. The van der Waals surface area contributed by atoms with E-state index in [1.807, 2.05) is 45.0 Å². The van der Waals surface area contributed by atoms with E-state index >= 15 is 0 Å². The maximum Gasteiger partial charge on any atom is 0.223 e. The Labute approximate surface area is 232 Å². The van der Waals surface area contributed by atoms with Gasteiger partial charge in [-0.1, -0.05) is 57.9 Å². The van der Waals surface area contributed by atoms with E-state index < -0.39 is 38.7 Å². The average Bonchev–Trinajstić information content (AvgIpc) is 2.89. The average molecular weight is 567 g/mol. The zero-order chi connectivity index (χ0) is 29.0. The van der Waals surface area contributed by atoms with Gasteiger partial charge in [0.2, 0.25) is 5.91 Å². The van der Waals surface area contributed by atoms with Crippen LogP contribution < -0.4 is 5.73 Å². The summed E-state index contributed by atoms with van der Waals surface area (Å²) < 4.78 is 53.4. The van der Waals surface area contributed by atoms with E-state index in [1.165, 1.54) is 12.1 Å². The summed E-state index contributed by atoms with van der Waals surface area (Å²) in [6.45, 7) is 5.91. The highest BCUT2D eigenvalue weighted by Crippen LogP contribution is 2.20. The number of hydrogen-bond acceptors (Lipinski definition) is 5. The predicted octanol–water partition coefficient (Wildman–Crippen LogP) is 4.81. The summed E-state index contributed by atoms with van der Waals surface area (Å²) in [4.78, 5) is 15.0. The maximum atomic E-state index is 13.7. The van der Waals surface area contributed by atoms with Crippen LogP contribution in [-0.4, -0.2) is 54.5 Å². The molecule has 218 valence electrons. The van der Waals surface area contributed by atoms with Gasteiger partial charge in [0.1, 0.15) is 11.6 Å². The Kier molecular flexibility index (Phi) is 13.5. The van der Waals surface area contributed by atoms with E-state index in [1.54, 1.807) is 4.90 Å². The lowest BCUT2D eigenvalue weighted by Crippen LogP contribution is -2.44. The molecular formula is C30H44F2N2O4S. The molecule has 0 aliphatic carbocycles. The second-order valence-corrected chi connectivity index (χ2v) is 12.8. The van der Waals surface area contributed by atoms with Crippen LogP contribution in [0.2, 0.25) is 0 Å². The van der Waals surface area contributed by atoms with Gasteiger partial charge in [0.15, 0.2) is 9.84 Å². The number of aliphatic hydroxyl groups is 1. The Bertz CT molecular complexity index is 1130. The van der Waals surface area contributed by atoms with Gasteiger partial charge in [0.25, 0.3) is 0 Å². The van der Waals surface area contributed by atoms with E-state index in [0.29, 0.717) is 18.4 Å². The molecule has 0 bridgehead atoms. The molecule has 0 radical (unpaired) electrons. The van der Waals surface area contributed by atoms with Crippen molar-refractivity contribution < 1.29 is 27.1 Å². The molecule has 3 N–H and O–H groups in total. The monoisotopic (exact) mass is 566 g/mol. The largest absolute Gasteiger partial charge is 0.396 e. The van der Waals surface area contributed by atoms with Crippen molar-refractivity contribution in [2.75, 3.05) is 18.9 Å². The van der Waals surface area contributed by atoms with Crippen LogP contribution in [0, 0.1) is 17.6 Å². The number of amides is 1. The SMILES string of the molecule is CCCC(CCC)S(=O)(=O)CCC(=O)N(Cc1cccc(CC)c1)C[C@@H](CO)[C@@H](N)Cc1cc(F)cc(F)c1. The van der Waals surface area contributed by atoms with Crippen LogP contribution in [0.5, 0.6) is 0 Å². The molecule has 2 atom stereocenters. The summed E-state index contributed by atoms with van der Waals surface area (Å²) in [7, 11) is -3.45. The van der Waals surface area contributed by atoms with E-state index in [9.17, 15) is 27.1 Å². The molecule has 2 aromatic rings. The fourth-order valence-corrected chi connectivity index (χ4v) is 6.89. The van der Waals surface area contributed by atoms with Crippen molar-refractivity contribution in [3.8, 4) is 0 Å². The van der Waals surface area contributed by atoms with E-state index in [-0.39, 0.29) is 44.2 Å². The lowest BCUT2D eigenvalue weighted by molar-refractivity contribution is -0.132. The summed E-state index contributed by atoms with van der Waals surface area (Å²) in [5.41, 5.74) is 8.71. The number of benzene rings is 2. The Balaban J connectivity index is 2.24. The molecule has 39 heavy (non-hydrogen) atoms. The van der Waals surface area contributed by atoms with Gasteiger partial charge >= 0.3 is 0 Å². The predicted molar refractivity (Wildman–Crippen MR) is 152 cm³/mol. The fraction of sp³-hybridized carbons (Fsp3) is 0.567. The Morgan fingerprint density at radius 3 is 2.15 bits per heavy atom. The van der Waals surface area contributed by atoms with Gasteiger partial charge in [-0.3, -0.25) is 4.79 Å². The van der Waals surface area contributed by atoms with E-state index in [2.05, 4.69) is 0 Å². The number of hydrogen-bond donors (Lipinski definition) is 2. The van der Waals surface area contributed by atoms with E-state index in [0.717, 1.165) is 36.5 Å². The third-order valence-electron chi connectivity index (χ3n) is 7.14. The molecule has 9 heteroatoms. The van der Waals surface area contributed by atoms with Crippen molar-refractivity contribution in [3.63, 3.8) is 0 Å². The summed E-state index contributed by atoms with van der Waals surface area (Å²) in [6.07, 6.45) is 3.41. The number of carbonyl (C=O) groups excluding carboxylic acids is 1. The summed E-state index contributed by atoms with van der Waals surface area (Å²) in [5.74, 6) is -2.58. The van der Waals surface area contributed by atoms with Crippen molar-refractivity contribution >= 4 is 15.7 Å². The standard InChI is InChI=1S/C30H44F2N2O4S/c1-4-8-28(9-5-2)39(37,38)13-12-30(36)34(19-23-11-7-10-22(6-3)14-23)20-25(21-35)29(33)17-24-15-26(31)18-27(32)16-24/h7,10-11,14-16,18,25,28-29,35H,4-6,8-9,12-13,17,19-21,33H2,1-3H3/t25-,29-/m0/s1. The number of aliphatic hydroxyl groups excluding tert-OH is 1. The topological polar surface area (TPSA) is 101 Å². The van der Waals surface area contributed by atoms with Crippen LogP contribution >= 0.6 is 0 Å². The highest BCUT2D eigenvalue weighted by Gasteiger charge is 2.28. The van der Waals surface area contributed by atoms with Gasteiger partial charge in [-0.25, -0.2) is 17.2 Å². The van der Waals surface area contributed by atoms with Crippen molar-refractivity contribution in [1.29, 1.82) is 0 Å². The van der Waals surface area contributed by atoms with Crippen LogP contribution in [0.25, 0.3) is 0 Å². The van der Waals surface area contributed by atoms with Gasteiger partial charge < -0.3 is 15.7 Å². The third kappa shape index (κ3) is 10.6. The van der Waals surface area contributed by atoms with Crippen LogP contribution in [0.15, 0.2) is 42.5 Å². The zero-order valence-corrected chi connectivity index (χ0v) is 24.2. The van der Waals surface area contributed by atoms with Gasteiger partial charge in [0.05, 0.1) is 11.0 Å². The third-order valence-corrected chi connectivity index (χ3v) is 9.40. The smallest absolute Gasteiger partial charge is 0.223 e. The summed E-state index contributed by atoms with van der Waals surface area (Å²) in [6, 6.07) is 10.3. The molecule has 0 unspecified atom stereocenters. The minimum atomic E-state index is -3.45. The van der Waals surface area contributed by atoms with Crippen LogP contribution in [0.4, 0.5) is 8.78 Å². The molecule has 0 fully saturated rings. The normalized spacial score (nSPS) is 13.4. The molecule has 0 aliphatic heterocycles. The molecule has 0 saturated heterocycles. The van der Waals surface area contributed by atoms with Crippen molar-refractivity contribution in [2.24, 2.45) is 11.7 Å². The molecule has 6 nitrogen and oxygen atoms in total.